The Morgan fingerprint density at radius 1 is 1.21 bits per heavy atom. The summed E-state index contributed by atoms with van der Waals surface area (Å²) in [6.45, 7) is 0. The lowest BCUT2D eigenvalue weighted by Crippen LogP contribution is -2.00. The maximum absolute atomic E-state index is 10.2. The summed E-state index contributed by atoms with van der Waals surface area (Å²) in [6, 6.07) is 15.1. The third-order valence-electron chi connectivity index (χ3n) is 2.77. The van der Waals surface area contributed by atoms with Crippen molar-refractivity contribution in [3.05, 3.63) is 54.1 Å². The summed E-state index contributed by atoms with van der Waals surface area (Å²) < 4.78 is 5.15. The Labute approximate surface area is 117 Å². The molecule has 0 amide bonds. The van der Waals surface area contributed by atoms with Crippen molar-refractivity contribution < 1.29 is 9.84 Å². The van der Waals surface area contributed by atoms with Gasteiger partial charge in [-0.2, -0.15) is 0 Å². The fraction of sp³-hybridized carbons (Fsp3) is 0.200. The molecule has 100 valence electrons. The molecule has 0 heterocycles. The van der Waals surface area contributed by atoms with E-state index in [0.29, 0.717) is 5.75 Å². The van der Waals surface area contributed by atoms with E-state index in [2.05, 4.69) is 0 Å². The molecule has 4 heteroatoms. The molecule has 0 aromatic heterocycles. The van der Waals surface area contributed by atoms with Crippen LogP contribution < -0.4 is 10.5 Å². The molecule has 19 heavy (non-hydrogen) atoms. The van der Waals surface area contributed by atoms with Crippen LogP contribution in [0.25, 0.3) is 0 Å². The Morgan fingerprint density at radius 2 is 1.95 bits per heavy atom. The lowest BCUT2D eigenvalue weighted by Gasteiger charge is -2.12. The van der Waals surface area contributed by atoms with Crippen molar-refractivity contribution in [1.82, 2.24) is 0 Å². The molecule has 3 N–H and O–H groups in total. The number of ether oxygens (including phenoxy) is 1. The van der Waals surface area contributed by atoms with Crippen LogP contribution in [-0.4, -0.2) is 18.0 Å². The monoisotopic (exact) mass is 275 g/mol. The highest BCUT2D eigenvalue weighted by Crippen LogP contribution is 2.26. The number of aliphatic hydroxyl groups is 1. The standard InChI is InChI=1S/C15H17NO2S/c1-18-13-4-2-3-11(9-13)15(17)10-19-14-7-5-12(16)6-8-14/h2-9,15,17H,10,16H2,1H3. The maximum Gasteiger partial charge on any atom is 0.119 e. The smallest absolute Gasteiger partial charge is 0.119 e. The van der Waals surface area contributed by atoms with Crippen LogP contribution in [0.5, 0.6) is 5.75 Å². The third kappa shape index (κ3) is 3.91. The Hall–Kier alpha value is -1.65. The van der Waals surface area contributed by atoms with Crippen LogP contribution in [-0.2, 0) is 0 Å². The molecule has 0 aliphatic rings. The predicted octanol–water partition coefficient (Wildman–Crippen LogP) is 3.10. The largest absolute Gasteiger partial charge is 0.497 e. The minimum atomic E-state index is -0.516. The van der Waals surface area contributed by atoms with Crippen LogP contribution in [0.3, 0.4) is 0 Å². The maximum atomic E-state index is 10.2. The van der Waals surface area contributed by atoms with Crippen LogP contribution in [0.2, 0.25) is 0 Å². The summed E-state index contributed by atoms with van der Waals surface area (Å²) in [5.41, 5.74) is 7.24. The van der Waals surface area contributed by atoms with Gasteiger partial charge in [-0.25, -0.2) is 0 Å². The Bertz CT molecular complexity index is 528. The van der Waals surface area contributed by atoms with Gasteiger partial charge in [0.15, 0.2) is 0 Å². The van der Waals surface area contributed by atoms with Crippen molar-refractivity contribution in [3.63, 3.8) is 0 Å². The van der Waals surface area contributed by atoms with Gasteiger partial charge in [-0.15, -0.1) is 11.8 Å². The molecular formula is C15H17NO2S. The number of anilines is 1. The summed E-state index contributed by atoms with van der Waals surface area (Å²) in [7, 11) is 1.62. The fourth-order valence-electron chi connectivity index (χ4n) is 1.68. The molecule has 0 spiro atoms. The van der Waals surface area contributed by atoms with Crippen molar-refractivity contribution in [1.29, 1.82) is 0 Å². The Balaban J connectivity index is 1.96. The Morgan fingerprint density at radius 3 is 2.63 bits per heavy atom. The van der Waals surface area contributed by atoms with E-state index in [9.17, 15) is 5.11 Å². The summed E-state index contributed by atoms with van der Waals surface area (Å²) in [4.78, 5) is 1.09. The number of nitrogen functional groups attached to an aromatic ring is 1. The van der Waals surface area contributed by atoms with E-state index >= 15 is 0 Å². The molecule has 2 rings (SSSR count). The van der Waals surface area contributed by atoms with Crippen LogP contribution in [0, 0.1) is 0 Å². The van der Waals surface area contributed by atoms with Crippen LogP contribution >= 0.6 is 11.8 Å². The van der Waals surface area contributed by atoms with Crippen molar-refractivity contribution in [2.75, 3.05) is 18.6 Å². The average Bonchev–Trinajstić information content (AvgIpc) is 2.46. The molecule has 1 atom stereocenters. The number of benzene rings is 2. The van der Waals surface area contributed by atoms with Gasteiger partial charge in [-0.05, 0) is 42.0 Å². The second-order valence-electron chi connectivity index (χ2n) is 4.17. The van der Waals surface area contributed by atoms with Crippen molar-refractivity contribution >= 4 is 17.4 Å². The lowest BCUT2D eigenvalue weighted by atomic mass is 10.1. The zero-order valence-corrected chi connectivity index (χ0v) is 11.6. The number of thioether (sulfide) groups is 1. The minimum Gasteiger partial charge on any atom is -0.497 e. The van der Waals surface area contributed by atoms with E-state index in [0.717, 1.165) is 21.9 Å². The van der Waals surface area contributed by atoms with E-state index < -0.39 is 6.10 Å². The second-order valence-corrected chi connectivity index (χ2v) is 5.27. The lowest BCUT2D eigenvalue weighted by molar-refractivity contribution is 0.203. The first-order chi connectivity index (χ1) is 9.19. The van der Waals surface area contributed by atoms with E-state index in [1.165, 1.54) is 0 Å². The van der Waals surface area contributed by atoms with Crippen LogP contribution in [0.4, 0.5) is 5.69 Å². The Kier molecular flexibility index (Phi) is 4.71. The molecular weight excluding hydrogens is 258 g/mol. The van der Waals surface area contributed by atoms with Gasteiger partial charge >= 0.3 is 0 Å². The minimum absolute atomic E-state index is 0.516. The molecule has 3 nitrogen and oxygen atoms in total. The first kappa shape index (κ1) is 13.8. The first-order valence-electron chi connectivity index (χ1n) is 5.99. The number of aliphatic hydroxyl groups excluding tert-OH is 1. The molecule has 0 fully saturated rings. The number of hydrogen-bond acceptors (Lipinski definition) is 4. The molecule has 0 saturated carbocycles. The van der Waals surface area contributed by atoms with E-state index in [1.807, 2.05) is 48.5 Å². The highest BCUT2D eigenvalue weighted by Gasteiger charge is 2.09. The van der Waals surface area contributed by atoms with Crippen LogP contribution in [0.15, 0.2) is 53.4 Å². The number of methoxy groups -OCH3 is 1. The first-order valence-corrected chi connectivity index (χ1v) is 6.98. The highest BCUT2D eigenvalue weighted by molar-refractivity contribution is 7.99. The molecule has 0 aliphatic carbocycles. The van der Waals surface area contributed by atoms with Gasteiger partial charge in [0, 0.05) is 16.3 Å². The SMILES string of the molecule is COc1cccc(C(O)CSc2ccc(N)cc2)c1. The molecule has 1 unspecified atom stereocenters. The normalized spacial score (nSPS) is 12.1. The van der Waals surface area contributed by atoms with Gasteiger partial charge in [0.2, 0.25) is 0 Å². The van der Waals surface area contributed by atoms with Crippen molar-refractivity contribution in [2.45, 2.75) is 11.0 Å². The van der Waals surface area contributed by atoms with E-state index in [4.69, 9.17) is 10.5 Å². The number of hydrogen-bond donors (Lipinski definition) is 2. The van der Waals surface area contributed by atoms with E-state index in [-0.39, 0.29) is 0 Å². The van der Waals surface area contributed by atoms with Crippen molar-refractivity contribution in [3.8, 4) is 5.75 Å². The number of rotatable bonds is 5. The predicted molar refractivity (Wildman–Crippen MR) is 79.5 cm³/mol. The van der Waals surface area contributed by atoms with E-state index in [1.54, 1.807) is 18.9 Å². The third-order valence-corrected chi connectivity index (χ3v) is 3.85. The molecule has 2 aromatic carbocycles. The van der Waals surface area contributed by atoms with Crippen molar-refractivity contribution in [2.24, 2.45) is 0 Å². The molecule has 0 bridgehead atoms. The summed E-state index contributed by atoms with van der Waals surface area (Å²) in [6.07, 6.45) is -0.516. The second kappa shape index (κ2) is 6.50. The highest BCUT2D eigenvalue weighted by atomic mass is 32.2. The quantitative estimate of drug-likeness (QED) is 0.650. The van der Waals surface area contributed by atoms with Crippen LogP contribution in [0.1, 0.15) is 11.7 Å². The fourth-order valence-corrected chi connectivity index (χ4v) is 2.56. The molecule has 0 aliphatic heterocycles. The van der Waals surface area contributed by atoms with Gasteiger partial charge in [-0.1, -0.05) is 12.1 Å². The molecule has 0 saturated heterocycles. The number of nitrogens with two attached hydrogens (primary N) is 1. The van der Waals surface area contributed by atoms with Gasteiger partial charge in [0.05, 0.1) is 13.2 Å². The summed E-state index contributed by atoms with van der Waals surface area (Å²) in [5.74, 6) is 1.35. The molecule has 0 radical (unpaired) electrons. The zero-order chi connectivity index (χ0) is 13.7. The summed E-state index contributed by atoms with van der Waals surface area (Å²) in [5, 5.41) is 10.2. The average molecular weight is 275 g/mol. The zero-order valence-electron chi connectivity index (χ0n) is 10.7. The van der Waals surface area contributed by atoms with Gasteiger partial charge in [0.1, 0.15) is 5.75 Å². The van der Waals surface area contributed by atoms with Gasteiger partial charge in [0.25, 0.3) is 0 Å². The van der Waals surface area contributed by atoms with Gasteiger partial charge < -0.3 is 15.6 Å². The topological polar surface area (TPSA) is 55.5 Å². The van der Waals surface area contributed by atoms with Gasteiger partial charge in [-0.3, -0.25) is 0 Å². The summed E-state index contributed by atoms with van der Waals surface area (Å²) >= 11 is 1.60. The molecule has 2 aromatic rings.